The monoisotopic (exact) mass is 287 g/mol. The first-order chi connectivity index (χ1) is 6.27. The fourth-order valence-corrected chi connectivity index (χ4v) is 2.45. The zero-order valence-corrected chi connectivity index (χ0v) is 9.97. The summed E-state index contributed by atoms with van der Waals surface area (Å²) >= 11 is 2.38. The molecule has 1 aliphatic heterocycles. The lowest BCUT2D eigenvalue weighted by Gasteiger charge is -2.13. The maximum Gasteiger partial charge on any atom is 0.0323 e. The molecule has 0 radical (unpaired) electrons. The van der Waals surface area contributed by atoms with E-state index >= 15 is 0 Å². The normalized spacial score (nSPS) is 22.2. The standard InChI is InChI=1S/C11H14IN/c1-8-4-5-9(12)7-10(8)11-3-2-6-13-11/h4-5,7,11,13H,2-3,6H2,1H3. The maximum atomic E-state index is 3.54. The van der Waals surface area contributed by atoms with Crippen LogP contribution in [0.2, 0.25) is 0 Å². The lowest BCUT2D eigenvalue weighted by molar-refractivity contribution is 0.643. The number of aryl methyl sites for hydroxylation is 1. The molecule has 1 fully saturated rings. The Kier molecular flexibility index (Phi) is 2.89. The van der Waals surface area contributed by atoms with Crippen LogP contribution in [0.5, 0.6) is 0 Å². The topological polar surface area (TPSA) is 12.0 Å². The summed E-state index contributed by atoms with van der Waals surface area (Å²) in [6.45, 7) is 3.38. The molecular formula is C11H14IN. The molecule has 1 unspecified atom stereocenters. The fourth-order valence-electron chi connectivity index (χ4n) is 1.94. The number of hydrogen-bond acceptors (Lipinski definition) is 1. The van der Waals surface area contributed by atoms with Gasteiger partial charge in [-0.25, -0.2) is 0 Å². The molecule has 13 heavy (non-hydrogen) atoms. The molecule has 1 nitrogen and oxygen atoms in total. The Labute approximate surface area is 93.1 Å². The molecule has 1 saturated heterocycles. The van der Waals surface area contributed by atoms with Gasteiger partial charge < -0.3 is 5.32 Å². The molecule has 1 atom stereocenters. The van der Waals surface area contributed by atoms with Gasteiger partial charge in [-0.2, -0.15) is 0 Å². The van der Waals surface area contributed by atoms with Crippen LogP contribution in [0.25, 0.3) is 0 Å². The molecule has 0 amide bonds. The van der Waals surface area contributed by atoms with Crippen LogP contribution in [0.3, 0.4) is 0 Å². The highest BCUT2D eigenvalue weighted by Crippen LogP contribution is 2.26. The summed E-state index contributed by atoms with van der Waals surface area (Å²) in [4.78, 5) is 0. The van der Waals surface area contributed by atoms with E-state index in [1.54, 1.807) is 0 Å². The van der Waals surface area contributed by atoms with Crippen LogP contribution in [0, 0.1) is 10.5 Å². The molecule has 1 heterocycles. The van der Waals surface area contributed by atoms with E-state index in [1.165, 1.54) is 34.1 Å². The Bertz CT molecular complexity index is 303. The van der Waals surface area contributed by atoms with E-state index in [0.29, 0.717) is 6.04 Å². The van der Waals surface area contributed by atoms with E-state index in [4.69, 9.17) is 0 Å². The summed E-state index contributed by atoms with van der Waals surface area (Å²) in [5.41, 5.74) is 2.91. The van der Waals surface area contributed by atoms with Crippen molar-refractivity contribution in [2.24, 2.45) is 0 Å². The molecule has 70 valence electrons. The maximum absolute atomic E-state index is 3.54. The average molecular weight is 287 g/mol. The Hall–Kier alpha value is -0.0900. The number of hydrogen-bond donors (Lipinski definition) is 1. The van der Waals surface area contributed by atoms with Crippen molar-refractivity contribution in [2.45, 2.75) is 25.8 Å². The van der Waals surface area contributed by atoms with Crippen molar-refractivity contribution in [3.8, 4) is 0 Å². The van der Waals surface area contributed by atoms with Gasteiger partial charge in [0, 0.05) is 9.61 Å². The van der Waals surface area contributed by atoms with Gasteiger partial charge in [-0.15, -0.1) is 0 Å². The molecule has 0 saturated carbocycles. The van der Waals surface area contributed by atoms with E-state index in [1.807, 2.05) is 0 Å². The first kappa shape index (κ1) is 9.46. The average Bonchev–Trinajstić information content (AvgIpc) is 2.61. The Morgan fingerprint density at radius 2 is 2.31 bits per heavy atom. The lowest BCUT2D eigenvalue weighted by Crippen LogP contribution is -2.14. The summed E-state index contributed by atoms with van der Waals surface area (Å²) in [7, 11) is 0. The zero-order chi connectivity index (χ0) is 9.26. The third-order valence-corrected chi connectivity index (χ3v) is 3.35. The minimum absolute atomic E-state index is 0.606. The highest BCUT2D eigenvalue weighted by Gasteiger charge is 2.17. The highest BCUT2D eigenvalue weighted by molar-refractivity contribution is 14.1. The molecule has 0 spiro atoms. The predicted molar refractivity (Wildman–Crippen MR) is 63.9 cm³/mol. The summed E-state index contributed by atoms with van der Waals surface area (Å²) in [6, 6.07) is 7.30. The Morgan fingerprint density at radius 1 is 1.46 bits per heavy atom. The Balaban J connectivity index is 2.32. The van der Waals surface area contributed by atoms with Crippen LogP contribution in [0.1, 0.15) is 30.0 Å². The molecule has 1 aromatic rings. The van der Waals surface area contributed by atoms with Crippen LogP contribution in [0.15, 0.2) is 18.2 Å². The second kappa shape index (κ2) is 3.96. The van der Waals surface area contributed by atoms with E-state index in [2.05, 4.69) is 53.0 Å². The molecular weight excluding hydrogens is 273 g/mol. The molecule has 1 aromatic carbocycles. The zero-order valence-electron chi connectivity index (χ0n) is 7.81. The van der Waals surface area contributed by atoms with Gasteiger partial charge in [0.05, 0.1) is 0 Å². The van der Waals surface area contributed by atoms with Crippen LogP contribution in [-0.2, 0) is 0 Å². The van der Waals surface area contributed by atoms with Crippen LogP contribution in [0.4, 0.5) is 0 Å². The van der Waals surface area contributed by atoms with Crippen molar-refractivity contribution in [2.75, 3.05) is 6.54 Å². The predicted octanol–water partition coefficient (Wildman–Crippen LogP) is 3.02. The largest absolute Gasteiger partial charge is 0.310 e. The van der Waals surface area contributed by atoms with E-state index < -0.39 is 0 Å². The van der Waals surface area contributed by atoms with Gasteiger partial charge in [0.15, 0.2) is 0 Å². The molecule has 2 heteroatoms. The van der Waals surface area contributed by atoms with Crippen molar-refractivity contribution in [3.63, 3.8) is 0 Å². The van der Waals surface area contributed by atoms with Crippen molar-refractivity contribution < 1.29 is 0 Å². The lowest BCUT2D eigenvalue weighted by atomic mass is 10.0. The summed E-state index contributed by atoms with van der Waals surface area (Å²) in [6.07, 6.45) is 2.61. The Morgan fingerprint density at radius 3 is 3.00 bits per heavy atom. The van der Waals surface area contributed by atoms with Gasteiger partial charge in [0.25, 0.3) is 0 Å². The minimum atomic E-state index is 0.606. The van der Waals surface area contributed by atoms with E-state index in [9.17, 15) is 0 Å². The molecule has 0 aromatic heterocycles. The van der Waals surface area contributed by atoms with Gasteiger partial charge in [-0.1, -0.05) is 6.07 Å². The molecule has 0 bridgehead atoms. The molecule has 0 aliphatic carbocycles. The third kappa shape index (κ3) is 2.05. The first-order valence-electron chi connectivity index (χ1n) is 4.77. The smallest absolute Gasteiger partial charge is 0.0323 e. The van der Waals surface area contributed by atoms with Crippen molar-refractivity contribution in [1.29, 1.82) is 0 Å². The van der Waals surface area contributed by atoms with Crippen LogP contribution >= 0.6 is 22.6 Å². The second-order valence-electron chi connectivity index (χ2n) is 3.65. The second-order valence-corrected chi connectivity index (χ2v) is 4.90. The van der Waals surface area contributed by atoms with Gasteiger partial charge in [0.2, 0.25) is 0 Å². The molecule has 1 N–H and O–H groups in total. The summed E-state index contributed by atoms with van der Waals surface area (Å²) in [5, 5.41) is 3.54. The van der Waals surface area contributed by atoms with Gasteiger partial charge in [-0.05, 0) is 72.2 Å². The van der Waals surface area contributed by atoms with Crippen molar-refractivity contribution in [3.05, 3.63) is 32.9 Å². The van der Waals surface area contributed by atoms with Gasteiger partial charge in [0.1, 0.15) is 0 Å². The first-order valence-corrected chi connectivity index (χ1v) is 5.84. The van der Waals surface area contributed by atoms with Crippen LogP contribution < -0.4 is 5.32 Å². The summed E-state index contributed by atoms with van der Waals surface area (Å²) in [5.74, 6) is 0. The highest BCUT2D eigenvalue weighted by atomic mass is 127. The van der Waals surface area contributed by atoms with Gasteiger partial charge >= 0.3 is 0 Å². The van der Waals surface area contributed by atoms with Crippen molar-refractivity contribution in [1.82, 2.24) is 5.32 Å². The number of nitrogens with one attached hydrogen (secondary N) is 1. The number of benzene rings is 1. The minimum Gasteiger partial charge on any atom is -0.310 e. The molecule has 2 rings (SSSR count). The fraction of sp³-hybridized carbons (Fsp3) is 0.455. The number of rotatable bonds is 1. The van der Waals surface area contributed by atoms with E-state index in [-0.39, 0.29) is 0 Å². The SMILES string of the molecule is Cc1ccc(I)cc1C1CCCN1. The van der Waals surface area contributed by atoms with Crippen molar-refractivity contribution >= 4 is 22.6 Å². The summed E-state index contributed by atoms with van der Waals surface area (Å²) < 4.78 is 1.34. The van der Waals surface area contributed by atoms with Crippen LogP contribution in [-0.4, -0.2) is 6.54 Å². The van der Waals surface area contributed by atoms with Gasteiger partial charge in [-0.3, -0.25) is 0 Å². The third-order valence-electron chi connectivity index (χ3n) is 2.68. The molecule has 1 aliphatic rings. The number of halogens is 1. The quantitative estimate of drug-likeness (QED) is 0.783. The van der Waals surface area contributed by atoms with E-state index in [0.717, 1.165) is 0 Å².